The van der Waals surface area contributed by atoms with Crippen LogP contribution in [-0.2, 0) is 4.74 Å². The monoisotopic (exact) mass is 460 g/mol. The van der Waals surface area contributed by atoms with Gasteiger partial charge in [-0.25, -0.2) is 15.0 Å². The summed E-state index contributed by atoms with van der Waals surface area (Å²) < 4.78 is 5.51. The number of nitrogens with one attached hydrogen (secondary N) is 1. The van der Waals surface area contributed by atoms with Gasteiger partial charge >= 0.3 is 0 Å². The fourth-order valence-corrected chi connectivity index (χ4v) is 5.00. The van der Waals surface area contributed by atoms with Crippen molar-refractivity contribution in [1.29, 1.82) is 0 Å². The minimum absolute atomic E-state index is 0.110. The van der Waals surface area contributed by atoms with Crippen LogP contribution in [0.4, 0.5) is 5.82 Å². The fourth-order valence-electron chi connectivity index (χ4n) is 5.00. The quantitative estimate of drug-likeness (QED) is 0.624. The van der Waals surface area contributed by atoms with Crippen LogP contribution in [0.5, 0.6) is 0 Å². The van der Waals surface area contributed by atoms with Crippen molar-refractivity contribution < 1.29 is 9.53 Å². The first-order valence-corrected chi connectivity index (χ1v) is 12.1. The number of anilines is 1. The smallest absolute Gasteiger partial charge is 0.271 e. The lowest BCUT2D eigenvalue weighted by Crippen LogP contribution is -2.46. The molecule has 2 aliphatic rings. The standard InChI is InChI=1S/C26H32N6O2/c1-31(2)26(33)24-5-3-4-22(30-24)18-6-11-23-21(16-18)25(28-17-27-23)29-19-7-9-20(10-8-19)32-12-14-34-15-13-32/h3-6,11,16-17,19-20H,7-10,12-15H2,1-2H3,(H,27,28,29). The molecule has 3 heterocycles. The number of amides is 1. The Labute approximate surface area is 200 Å². The van der Waals surface area contributed by atoms with Gasteiger partial charge in [-0.05, 0) is 49.9 Å². The van der Waals surface area contributed by atoms with E-state index in [1.165, 1.54) is 17.7 Å². The van der Waals surface area contributed by atoms with Crippen molar-refractivity contribution in [1.82, 2.24) is 24.8 Å². The van der Waals surface area contributed by atoms with E-state index in [1.807, 2.05) is 24.3 Å². The summed E-state index contributed by atoms with van der Waals surface area (Å²) in [5.74, 6) is 0.753. The highest BCUT2D eigenvalue weighted by Gasteiger charge is 2.27. The number of fused-ring (bicyclic) bond motifs is 1. The van der Waals surface area contributed by atoms with Gasteiger partial charge in [0.1, 0.15) is 17.8 Å². The van der Waals surface area contributed by atoms with Crippen molar-refractivity contribution in [3.8, 4) is 11.3 Å². The number of ether oxygens (including phenoxy) is 1. The predicted molar refractivity (Wildman–Crippen MR) is 133 cm³/mol. The molecule has 1 aliphatic heterocycles. The van der Waals surface area contributed by atoms with Gasteiger partial charge in [0.2, 0.25) is 0 Å². The topological polar surface area (TPSA) is 83.5 Å². The lowest BCUT2D eigenvalue weighted by atomic mass is 9.90. The molecule has 8 nitrogen and oxygen atoms in total. The predicted octanol–water partition coefficient (Wildman–Crippen LogP) is 3.45. The van der Waals surface area contributed by atoms with Crippen molar-refractivity contribution in [3.63, 3.8) is 0 Å². The molecule has 1 saturated carbocycles. The van der Waals surface area contributed by atoms with E-state index in [1.54, 1.807) is 26.5 Å². The van der Waals surface area contributed by atoms with Crippen LogP contribution in [0.25, 0.3) is 22.2 Å². The third kappa shape index (κ3) is 4.88. The first-order chi connectivity index (χ1) is 16.6. The maximum atomic E-state index is 12.4. The Morgan fingerprint density at radius 3 is 2.62 bits per heavy atom. The minimum atomic E-state index is -0.110. The highest BCUT2D eigenvalue weighted by Crippen LogP contribution is 2.30. The molecule has 2 aromatic heterocycles. The first kappa shape index (κ1) is 22.7. The third-order valence-corrected chi connectivity index (χ3v) is 6.91. The number of rotatable bonds is 5. The number of morpholine rings is 1. The maximum absolute atomic E-state index is 12.4. The fraction of sp³-hybridized carbons (Fsp3) is 0.462. The second-order valence-corrected chi connectivity index (χ2v) is 9.36. The van der Waals surface area contributed by atoms with E-state index in [9.17, 15) is 4.79 Å². The average molecular weight is 461 g/mol. The Bertz CT molecular complexity index is 1150. The van der Waals surface area contributed by atoms with Gasteiger partial charge in [-0.3, -0.25) is 9.69 Å². The van der Waals surface area contributed by atoms with Crippen molar-refractivity contribution in [2.24, 2.45) is 0 Å². The van der Waals surface area contributed by atoms with Crippen LogP contribution >= 0.6 is 0 Å². The molecule has 0 spiro atoms. The molecular formula is C26H32N6O2. The molecule has 8 heteroatoms. The van der Waals surface area contributed by atoms with Crippen molar-refractivity contribution in [2.75, 3.05) is 45.7 Å². The van der Waals surface area contributed by atoms with Gasteiger partial charge in [0.25, 0.3) is 5.91 Å². The highest BCUT2D eigenvalue weighted by atomic mass is 16.5. The number of aromatic nitrogens is 3. The Morgan fingerprint density at radius 1 is 1.06 bits per heavy atom. The van der Waals surface area contributed by atoms with Crippen molar-refractivity contribution >= 4 is 22.6 Å². The zero-order valence-corrected chi connectivity index (χ0v) is 19.9. The van der Waals surface area contributed by atoms with Crippen LogP contribution in [-0.4, -0.2) is 83.1 Å². The number of pyridine rings is 1. The van der Waals surface area contributed by atoms with Gasteiger partial charge in [-0.2, -0.15) is 0 Å². The van der Waals surface area contributed by atoms with Crippen LogP contribution in [0.1, 0.15) is 36.2 Å². The number of benzene rings is 1. The van der Waals surface area contributed by atoms with Crippen LogP contribution in [0.3, 0.4) is 0 Å². The summed E-state index contributed by atoms with van der Waals surface area (Å²) in [4.78, 5) is 30.1. The molecule has 2 fully saturated rings. The van der Waals surface area contributed by atoms with Crippen LogP contribution in [0.2, 0.25) is 0 Å². The second kappa shape index (κ2) is 10.0. The van der Waals surface area contributed by atoms with Crippen LogP contribution < -0.4 is 5.32 Å². The number of carbonyl (C=O) groups excluding carboxylic acids is 1. The molecule has 1 amide bonds. The summed E-state index contributed by atoms with van der Waals surface area (Å²) in [5, 5.41) is 4.67. The Morgan fingerprint density at radius 2 is 1.85 bits per heavy atom. The maximum Gasteiger partial charge on any atom is 0.271 e. The Kier molecular flexibility index (Phi) is 6.69. The van der Waals surface area contributed by atoms with Crippen LogP contribution in [0, 0.1) is 0 Å². The average Bonchev–Trinajstić information content (AvgIpc) is 2.89. The molecule has 1 N–H and O–H groups in total. The van der Waals surface area contributed by atoms with Crippen LogP contribution in [0.15, 0.2) is 42.7 Å². The SMILES string of the molecule is CN(C)C(=O)c1cccc(-c2ccc3ncnc(NC4CCC(N5CCOCC5)CC4)c3c2)n1. The van der Waals surface area contributed by atoms with Gasteiger partial charge in [0.15, 0.2) is 0 Å². The van der Waals surface area contributed by atoms with Gasteiger partial charge in [-0.1, -0.05) is 12.1 Å². The largest absolute Gasteiger partial charge is 0.379 e. The molecule has 0 atom stereocenters. The molecule has 5 rings (SSSR count). The van der Waals surface area contributed by atoms with Gasteiger partial charge in [0, 0.05) is 50.2 Å². The zero-order chi connectivity index (χ0) is 23.5. The number of nitrogens with zero attached hydrogens (tertiary/aromatic N) is 5. The van der Waals surface area contributed by atoms with Crippen molar-refractivity contribution in [3.05, 3.63) is 48.4 Å². The van der Waals surface area contributed by atoms with E-state index in [0.717, 1.165) is 67.1 Å². The zero-order valence-electron chi connectivity index (χ0n) is 19.9. The lowest BCUT2D eigenvalue weighted by molar-refractivity contribution is 0.00791. The summed E-state index contributed by atoms with van der Waals surface area (Å²) in [5.41, 5.74) is 3.02. The first-order valence-electron chi connectivity index (χ1n) is 12.1. The normalized spacial score (nSPS) is 21.4. The number of hydrogen-bond donors (Lipinski definition) is 1. The van der Waals surface area contributed by atoms with Gasteiger partial charge in [-0.15, -0.1) is 0 Å². The van der Waals surface area contributed by atoms with E-state index in [-0.39, 0.29) is 5.91 Å². The lowest BCUT2D eigenvalue weighted by Gasteiger charge is -2.39. The summed E-state index contributed by atoms with van der Waals surface area (Å²) >= 11 is 0. The third-order valence-electron chi connectivity index (χ3n) is 6.91. The summed E-state index contributed by atoms with van der Waals surface area (Å²) in [7, 11) is 3.47. The molecule has 0 unspecified atom stereocenters. The summed E-state index contributed by atoms with van der Waals surface area (Å²) in [6.45, 7) is 3.82. The Hall–Kier alpha value is -3.10. The van der Waals surface area contributed by atoms with E-state index >= 15 is 0 Å². The Balaban J connectivity index is 1.34. The molecule has 3 aromatic rings. The molecule has 178 valence electrons. The molecule has 34 heavy (non-hydrogen) atoms. The van der Waals surface area contributed by atoms with Gasteiger partial charge < -0.3 is 15.0 Å². The number of hydrogen-bond acceptors (Lipinski definition) is 7. The van der Waals surface area contributed by atoms with E-state index in [4.69, 9.17) is 4.74 Å². The molecule has 1 aliphatic carbocycles. The summed E-state index contributed by atoms with van der Waals surface area (Å²) in [6.07, 6.45) is 6.27. The highest BCUT2D eigenvalue weighted by molar-refractivity contribution is 5.94. The minimum Gasteiger partial charge on any atom is -0.379 e. The van der Waals surface area contributed by atoms with Crippen molar-refractivity contribution in [2.45, 2.75) is 37.8 Å². The molecule has 1 saturated heterocycles. The summed E-state index contributed by atoms with van der Waals surface area (Å²) in [6, 6.07) is 12.7. The molecular weight excluding hydrogens is 428 g/mol. The molecule has 0 bridgehead atoms. The molecule has 0 radical (unpaired) electrons. The van der Waals surface area contributed by atoms with E-state index in [0.29, 0.717) is 17.8 Å². The molecule has 1 aromatic carbocycles. The van der Waals surface area contributed by atoms with E-state index in [2.05, 4.69) is 31.2 Å². The van der Waals surface area contributed by atoms with Gasteiger partial charge in [0.05, 0.1) is 24.4 Å². The number of carbonyl (C=O) groups is 1. The second-order valence-electron chi connectivity index (χ2n) is 9.36. The van der Waals surface area contributed by atoms with E-state index < -0.39 is 0 Å².